The first kappa shape index (κ1) is 20.4. The SMILES string of the molecule is COCO[C@H]1CCC[C@@H]2[C@@H]1C=C[C@@H](CCCC(=O)OC)[C@@]2(C)C(=O)Cl. The molecule has 1 saturated carbocycles. The van der Waals surface area contributed by atoms with Gasteiger partial charge in [0.1, 0.15) is 6.79 Å². The van der Waals surface area contributed by atoms with Crippen LogP contribution in [0.1, 0.15) is 45.4 Å². The van der Waals surface area contributed by atoms with Crippen molar-refractivity contribution < 1.29 is 23.8 Å². The largest absolute Gasteiger partial charge is 0.469 e. The number of allylic oxidation sites excluding steroid dienone is 1. The number of esters is 1. The van der Waals surface area contributed by atoms with Gasteiger partial charge in [0.15, 0.2) is 0 Å². The Bertz CT molecular complexity index is 506. The zero-order valence-corrected chi connectivity index (χ0v) is 16.1. The highest BCUT2D eigenvalue weighted by molar-refractivity contribution is 6.64. The van der Waals surface area contributed by atoms with Gasteiger partial charge in [-0.3, -0.25) is 9.59 Å². The van der Waals surface area contributed by atoms with Gasteiger partial charge < -0.3 is 14.2 Å². The van der Waals surface area contributed by atoms with E-state index < -0.39 is 5.41 Å². The van der Waals surface area contributed by atoms with Crippen molar-refractivity contribution in [2.45, 2.75) is 51.6 Å². The molecule has 25 heavy (non-hydrogen) atoms. The van der Waals surface area contributed by atoms with Crippen LogP contribution in [0.3, 0.4) is 0 Å². The smallest absolute Gasteiger partial charge is 0.305 e. The second kappa shape index (κ2) is 9.15. The minimum Gasteiger partial charge on any atom is -0.469 e. The summed E-state index contributed by atoms with van der Waals surface area (Å²) in [6.45, 7) is 2.24. The number of carbonyl (C=O) groups is 2. The summed E-state index contributed by atoms with van der Waals surface area (Å²) in [4.78, 5) is 23.8. The van der Waals surface area contributed by atoms with Gasteiger partial charge in [-0.15, -0.1) is 0 Å². The van der Waals surface area contributed by atoms with Crippen LogP contribution in [0.2, 0.25) is 0 Å². The van der Waals surface area contributed by atoms with Crippen molar-refractivity contribution in [3.05, 3.63) is 12.2 Å². The monoisotopic (exact) mass is 372 g/mol. The summed E-state index contributed by atoms with van der Waals surface area (Å²) in [6, 6.07) is 0. The van der Waals surface area contributed by atoms with Crippen LogP contribution in [-0.2, 0) is 23.8 Å². The van der Waals surface area contributed by atoms with Crippen LogP contribution in [-0.4, -0.2) is 38.3 Å². The van der Waals surface area contributed by atoms with E-state index in [-0.39, 0.29) is 41.9 Å². The first-order chi connectivity index (χ1) is 11.9. The molecule has 0 unspecified atom stereocenters. The molecule has 142 valence electrons. The zero-order valence-electron chi connectivity index (χ0n) is 15.3. The molecule has 0 amide bonds. The highest BCUT2D eigenvalue weighted by Gasteiger charge is 2.52. The van der Waals surface area contributed by atoms with Crippen LogP contribution in [0.25, 0.3) is 0 Å². The van der Waals surface area contributed by atoms with E-state index in [1.807, 2.05) is 6.92 Å². The van der Waals surface area contributed by atoms with Crippen molar-refractivity contribution in [2.75, 3.05) is 21.0 Å². The number of carbonyl (C=O) groups excluding carboxylic acids is 2. The lowest BCUT2D eigenvalue weighted by atomic mass is 9.55. The van der Waals surface area contributed by atoms with E-state index in [0.717, 1.165) is 25.7 Å². The maximum Gasteiger partial charge on any atom is 0.305 e. The van der Waals surface area contributed by atoms with E-state index in [0.29, 0.717) is 12.8 Å². The number of fused-ring (bicyclic) bond motifs is 1. The van der Waals surface area contributed by atoms with Crippen LogP contribution < -0.4 is 0 Å². The molecule has 2 aliphatic rings. The average Bonchev–Trinajstić information content (AvgIpc) is 2.61. The maximum absolute atomic E-state index is 12.4. The lowest BCUT2D eigenvalue weighted by molar-refractivity contribution is -0.141. The Morgan fingerprint density at radius 1 is 1.24 bits per heavy atom. The van der Waals surface area contributed by atoms with E-state index >= 15 is 0 Å². The molecular weight excluding hydrogens is 344 g/mol. The predicted octanol–water partition coefficient (Wildman–Crippen LogP) is 3.69. The summed E-state index contributed by atoms with van der Waals surface area (Å²) < 4.78 is 15.6. The average molecular weight is 373 g/mol. The number of rotatable bonds is 8. The minimum absolute atomic E-state index is 0.0320. The van der Waals surface area contributed by atoms with Crippen LogP contribution in [0.4, 0.5) is 0 Å². The number of hydrogen-bond acceptors (Lipinski definition) is 5. The first-order valence-corrected chi connectivity index (χ1v) is 9.38. The molecule has 2 aliphatic carbocycles. The highest BCUT2D eigenvalue weighted by atomic mass is 35.5. The van der Waals surface area contributed by atoms with E-state index in [1.165, 1.54) is 7.11 Å². The molecule has 0 N–H and O–H groups in total. The number of methoxy groups -OCH3 is 2. The van der Waals surface area contributed by atoms with Crippen molar-refractivity contribution in [3.8, 4) is 0 Å². The molecule has 0 aromatic heterocycles. The zero-order chi connectivity index (χ0) is 18.4. The standard InChI is InChI=1S/C19H29ClO5/c1-19(18(20)22)13(6-4-9-17(21)24-3)10-11-14-15(19)7-5-8-16(14)25-12-23-2/h10-11,13-16H,4-9,12H2,1-3H3/t13-,14+,15-,16+,19-/m1/s1. The fourth-order valence-corrected chi connectivity index (χ4v) is 4.76. The molecule has 0 spiro atoms. The third kappa shape index (κ3) is 4.44. The molecule has 0 aromatic rings. The highest BCUT2D eigenvalue weighted by Crippen LogP contribution is 2.53. The second-order valence-corrected chi connectivity index (χ2v) is 7.59. The van der Waals surface area contributed by atoms with Gasteiger partial charge in [0.05, 0.1) is 18.6 Å². The minimum atomic E-state index is -0.633. The van der Waals surface area contributed by atoms with Gasteiger partial charge in [-0.2, -0.15) is 0 Å². The Kier molecular flexibility index (Phi) is 7.47. The van der Waals surface area contributed by atoms with Crippen molar-refractivity contribution in [1.29, 1.82) is 0 Å². The molecule has 5 atom stereocenters. The second-order valence-electron chi connectivity index (χ2n) is 7.24. The Hall–Kier alpha value is -0.910. The van der Waals surface area contributed by atoms with E-state index in [1.54, 1.807) is 7.11 Å². The van der Waals surface area contributed by atoms with E-state index in [4.69, 9.17) is 25.8 Å². The van der Waals surface area contributed by atoms with Gasteiger partial charge >= 0.3 is 5.97 Å². The summed E-state index contributed by atoms with van der Waals surface area (Å²) in [7, 11) is 3.00. The maximum atomic E-state index is 12.4. The van der Waals surface area contributed by atoms with Gasteiger partial charge in [-0.05, 0) is 49.1 Å². The molecule has 0 saturated heterocycles. The lowest BCUT2D eigenvalue weighted by Crippen LogP contribution is -2.50. The van der Waals surface area contributed by atoms with Gasteiger partial charge in [-0.25, -0.2) is 0 Å². The van der Waals surface area contributed by atoms with Crippen LogP contribution in [0.15, 0.2) is 12.2 Å². The number of halogens is 1. The summed E-state index contributed by atoms with van der Waals surface area (Å²) in [6.07, 6.45) is 9.08. The lowest BCUT2D eigenvalue weighted by Gasteiger charge is -2.50. The van der Waals surface area contributed by atoms with Crippen LogP contribution in [0, 0.1) is 23.2 Å². The third-order valence-electron chi connectivity index (χ3n) is 5.95. The summed E-state index contributed by atoms with van der Waals surface area (Å²) >= 11 is 6.10. The first-order valence-electron chi connectivity index (χ1n) is 9.00. The van der Waals surface area contributed by atoms with Gasteiger partial charge in [0.25, 0.3) is 0 Å². The van der Waals surface area contributed by atoms with Crippen LogP contribution in [0.5, 0.6) is 0 Å². The Morgan fingerprint density at radius 3 is 2.64 bits per heavy atom. The van der Waals surface area contributed by atoms with E-state index in [9.17, 15) is 9.59 Å². The molecule has 6 heteroatoms. The Morgan fingerprint density at radius 2 is 2.00 bits per heavy atom. The summed E-state index contributed by atoms with van der Waals surface area (Å²) in [5, 5.41) is -0.290. The summed E-state index contributed by atoms with van der Waals surface area (Å²) in [5.74, 6) is 0.140. The van der Waals surface area contributed by atoms with Gasteiger partial charge in [-0.1, -0.05) is 25.5 Å². The molecule has 0 bridgehead atoms. The molecule has 5 nitrogen and oxygen atoms in total. The number of ether oxygens (including phenoxy) is 3. The van der Waals surface area contributed by atoms with Crippen molar-refractivity contribution >= 4 is 22.8 Å². The molecule has 2 rings (SSSR count). The number of hydrogen-bond donors (Lipinski definition) is 0. The molecule has 0 radical (unpaired) electrons. The van der Waals surface area contributed by atoms with Crippen molar-refractivity contribution in [2.24, 2.45) is 23.2 Å². The molecule has 1 fully saturated rings. The van der Waals surface area contributed by atoms with Gasteiger partial charge in [0.2, 0.25) is 5.24 Å². The predicted molar refractivity (Wildman–Crippen MR) is 95.0 cm³/mol. The Labute approximate surface area is 155 Å². The van der Waals surface area contributed by atoms with Crippen molar-refractivity contribution in [3.63, 3.8) is 0 Å². The van der Waals surface area contributed by atoms with Crippen LogP contribution >= 0.6 is 11.6 Å². The Balaban J connectivity index is 2.16. The van der Waals surface area contributed by atoms with Crippen molar-refractivity contribution in [1.82, 2.24) is 0 Å². The van der Waals surface area contributed by atoms with E-state index in [2.05, 4.69) is 12.2 Å². The molecule has 0 heterocycles. The molecular formula is C19H29ClO5. The molecule has 0 aliphatic heterocycles. The molecule has 0 aromatic carbocycles. The normalized spacial score (nSPS) is 34.4. The third-order valence-corrected chi connectivity index (χ3v) is 6.36. The topological polar surface area (TPSA) is 61.8 Å². The fourth-order valence-electron chi connectivity index (χ4n) is 4.48. The quantitative estimate of drug-likeness (QED) is 0.281. The van der Waals surface area contributed by atoms with Gasteiger partial charge in [0, 0.05) is 19.4 Å². The summed E-state index contributed by atoms with van der Waals surface area (Å²) in [5.41, 5.74) is -0.633. The fraction of sp³-hybridized carbons (Fsp3) is 0.789.